The second-order valence-corrected chi connectivity index (χ2v) is 14.2. The smallest absolute Gasteiger partial charge is 0.452 e. The first kappa shape index (κ1) is 37.8. The van der Waals surface area contributed by atoms with Crippen molar-refractivity contribution in [3.05, 3.63) is 167 Å². The van der Waals surface area contributed by atoms with E-state index in [0.29, 0.717) is 0 Å². The van der Waals surface area contributed by atoms with E-state index in [9.17, 15) is 23.8 Å². The Labute approximate surface area is 317 Å². The molecule has 55 heavy (non-hydrogen) atoms. The second kappa shape index (κ2) is 16.9. The van der Waals surface area contributed by atoms with Gasteiger partial charge in [-0.2, -0.15) is 0 Å². The number of phosphoric acid groups is 1. The molecule has 13 heteroatoms. The maximum absolute atomic E-state index is 13.6. The molecule has 1 N–H and O–H groups in total. The Bertz CT molecular complexity index is 2120. The molecule has 6 atom stereocenters. The summed E-state index contributed by atoms with van der Waals surface area (Å²) < 4.78 is 54.1. The van der Waals surface area contributed by atoms with Gasteiger partial charge in [-0.05, 0) is 58.7 Å². The fourth-order valence-corrected chi connectivity index (χ4v) is 7.46. The highest BCUT2D eigenvalue weighted by molar-refractivity contribution is 7.47. The summed E-state index contributed by atoms with van der Waals surface area (Å²) in [5, 5.41) is 0. The molecule has 5 aromatic rings. The number of methoxy groups -OCH3 is 1. The number of carbonyl (C=O) groups excluding carboxylic acids is 3. The number of rotatable bonds is 13. The molecule has 1 unspecified atom stereocenters. The van der Waals surface area contributed by atoms with E-state index in [4.69, 9.17) is 32.7 Å². The third kappa shape index (κ3) is 8.60. The Hall–Kier alpha value is -5.46. The lowest BCUT2D eigenvalue weighted by Crippen LogP contribution is -2.62. The van der Waals surface area contributed by atoms with Gasteiger partial charge in [-0.15, -0.1) is 0 Å². The Morgan fingerprint density at radius 3 is 1.44 bits per heavy atom. The van der Waals surface area contributed by atoms with Gasteiger partial charge in [0.25, 0.3) is 0 Å². The number of esters is 3. The quantitative estimate of drug-likeness (QED) is 0.0748. The fraction of sp³-hybridized carbons (Fsp3) is 0.214. The summed E-state index contributed by atoms with van der Waals surface area (Å²) in [6, 6.07) is 39.6. The highest BCUT2D eigenvalue weighted by Crippen LogP contribution is 2.50. The van der Waals surface area contributed by atoms with Gasteiger partial charge in [0.05, 0.1) is 29.9 Å². The van der Waals surface area contributed by atoms with Crippen molar-refractivity contribution in [2.24, 2.45) is 0 Å². The average molecular weight is 765 g/mol. The summed E-state index contributed by atoms with van der Waals surface area (Å²) in [6.07, 6.45) is -7.45. The summed E-state index contributed by atoms with van der Waals surface area (Å²) in [5.41, 5.74) is 4.37. The van der Waals surface area contributed by atoms with Crippen LogP contribution in [0.1, 0.15) is 48.1 Å². The molecular formula is C42H37O12P. The van der Waals surface area contributed by atoms with Crippen molar-refractivity contribution in [3.8, 4) is 11.1 Å². The van der Waals surface area contributed by atoms with Crippen molar-refractivity contribution in [1.82, 2.24) is 0 Å². The van der Waals surface area contributed by atoms with E-state index in [1.54, 1.807) is 54.6 Å². The van der Waals surface area contributed by atoms with Crippen molar-refractivity contribution < 1.29 is 56.6 Å². The molecule has 5 aromatic carbocycles. The van der Waals surface area contributed by atoms with E-state index in [0.717, 1.165) is 22.3 Å². The SMILES string of the molecule is CO[C@H]1O[C@H](COP(=O)(O)OCC2c3ccccc3-c3ccccc32)[C@@H](OC(=O)c2ccccc2)[C@H](OC(=O)c2ccccc2)[C@H]1OC(=O)c1ccccc1. The Balaban J connectivity index is 1.17. The molecule has 0 saturated carbocycles. The van der Waals surface area contributed by atoms with E-state index in [1.807, 2.05) is 48.5 Å². The highest BCUT2D eigenvalue weighted by Gasteiger charge is 2.53. The fourth-order valence-electron chi connectivity index (χ4n) is 6.71. The highest BCUT2D eigenvalue weighted by atomic mass is 31.2. The number of hydrogen-bond donors (Lipinski definition) is 1. The lowest BCUT2D eigenvalue weighted by molar-refractivity contribution is -0.291. The Morgan fingerprint density at radius 2 is 0.964 bits per heavy atom. The lowest BCUT2D eigenvalue weighted by Gasteiger charge is -2.44. The van der Waals surface area contributed by atoms with Crippen molar-refractivity contribution in [3.63, 3.8) is 0 Å². The topological polar surface area (TPSA) is 153 Å². The van der Waals surface area contributed by atoms with E-state index in [1.165, 1.54) is 43.5 Å². The average Bonchev–Trinajstić information content (AvgIpc) is 3.55. The van der Waals surface area contributed by atoms with Crippen LogP contribution < -0.4 is 0 Å². The van der Waals surface area contributed by atoms with Crippen molar-refractivity contribution >= 4 is 25.7 Å². The Morgan fingerprint density at radius 1 is 0.564 bits per heavy atom. The molecule has 1 aliphatic carbocycles. The standard InChI is InChI=1S/C42H37O12P/c1-48-42-38(54-41(45)29-19-9-4-10-20-29)37(53-40(44)28-17-7-3-8-18-28)36(52-39(43)27-15-5-2-6-16-27)35(51-42)26-50-55(46,47)49-25-34-32-23-13-11-21-30(32)31-22-12-14-24-33(31)34/h2-24,34-38,42H,25-26H2,1H3,(H,46,47)/t35-,36-,37+,38-,42+/m1/s1. The molecule has 1 saturated heterocycles. The van der Waals surface area contributed by atoms with Crippen molar-refractivity contribution in [1.29, 1.82) is 0 Å². The molecule has 2 aliphatic rings. The minimum Gasteiger partial charge on any atom is -0.452 e. The van der Waals surface area contributed by atoms with E-state index < -0.39 is 63.0 Å². The maximum Gasteiger partial charge on any atom is 0.472 e. The van der Waals surface area contributed by atoms with Crippen LogP contribution in [0.2, 0.25) is 0 Å². The first-order chi connectivity index (χ1) is 26.7. The minimum absolute atomic E-state index is 0.148. The molecule has 7 rings (SSSR count). The van der Waals surface area contributed by atoms with Crippen molar-refractivity contribution in [2.45, 2.75) is 36.6 Å². The van der Waals surface area contributed by atoms with Gasteiger partial charge in [-0.3, -0.25) is 9.05 Å². The number of fused-ring (bicyclic) bond motifs is 3. The summed E-state index contributed by atoms with van der Waals surface area (Å²) >= 11 is 0. The van der Waals surface area contributed by atoms with Crippen LogP contribution in [0.4, 0.5) is 0 Å². The number of hydrogen-bond acceptors (Lipinski definition) is 11. The molecule has 1 aliphatic heterocycles. The van der Waals surface area contributed by atoms with E-state index in [-0.39, 0.29) is 29.2 Å². The van der Waals surface area contributed by atoms with Crippen LogP contribution in [0.15, 0.2) is 140 Å². The molecule has 0 amide bonds. The molecule has 1 fully saturated rings. The first-order valence-corrected chi connectivity index (χ1v) is 19.0. The maximum atomic E-state index is 13.6. The normalized spacial score (nSPS) is 21.4. The third-order valence-electron chi connectivity index (χ3n) is 9.35. The molecular weight excluding hydrogens is 727 g/mol. The molecule has 0 aromatic heterocycles. The van der Waals surface area contributed by atoms with Gasteiger partial charge in [0, 0.05) is 13.0 Å². The van der Waals surface area contributed by atoms with Crippen molar-refractivity contribution in [2.75, 3.05) is 20.3 Å². The summed E-state index contributed by atoms with van der Waals surface area (Å²) in [6.45, 7) is -0.883. The predicted molar refractivity (Wildman–Crippen MR) is 198 cm³/mol. The van der Waals surface area contributed by atoms with Crippen LogP contribution in [-0.2, 0) is 37.3 Å². The van der Waals surface area contributed by atoms with Crippen LogP contribution in [0, 0.1) is 0 Å². The number of phosphoric ester groups is 1. The zero-order valence-corrected chi connectivity index (χ0v) is 30.4. The predicted octanol–water partition coefficient (Wildman–Crippen LogP) is 6.98. The zero-order chi connectivity index (χ0) is 38.4. The van der Waals surface area contributed by atoms with Crippen LogP contribution >= 0.6 is 7.82 Å². The Kier molecular flexibility index (Phi) is 11.6. The van der Waals surface area contributed by atoms with Gasteiger partial charge in [-0.25, -0.2) is 18.9 Å². The van der Waals surface area contributed by atoms with Gasteiger partial charge in [0.15, 0.2) is 24.6 Å². The van der Waals surface area contributed by atoms with Gasteiger partial charge in [0.2, 0.25) is 0 Å². The third-order valence-corrected chi connectivity index (χ3v) is 10.3. The second-order valence-electron chi connectivity index (χ2n) is 12.8. The molecule has 12 nitrogen and oxygen atoms in total. The number of carbonyl (C=O) groups is 3. The van der Waals surface area contributed by atoms with Gasteiger partial charge in [0.1, 0.15) is 6.10 Å². The summed E-state index contributed by atoms with van der Waals surface area (Å²) in [4.78, 5) is 51.6. The summed E-state index contributed by atoms with van der Waals surface area (Å²) in [7, 11) is -3.54. The minimum atomic E-state index is -4.81. The van der Waals surface area contributed by atoms with Gasteiger partial charge < -0.3 is 28.6 Å². The first-order valence-electron chi connectivity index (χ1n) is 17.5. The van der Waals surface area contributed by atoms with Crippen LogP contribution in [-0.4, -0.2) is 73.8 Å². The molecule has 1 heterocycles. The van der Waals surface area contributed by atoms with Crippen LogP contribution in [0.25, 0.3) is 11.1 Å². The molecule has 282 valence electrons. The largest absolute Gasteiger partial charge is 0.472 e. The molecule has 0 radical (unpaired) electrons. The number of benzene rings is 5. The van der Waals surface area contributed by atoms with Gasteiger partial charge in [-0.1, -0.05) is 103 Å². The monoisotopic (exact) mass is 764 g/mol. The van der Waals surface area contributed by atoms with E-state index in [2.05, 4.69) is 0 Å². The zero-order valence-electron chi connectivity index (χ0n) is 29.5. The van der Waals surface area contributed by atoms with E-state index >= 15 is 0 Å². The van der Waals surface area contributed by atoms with Crippen LogP contribution in [0.5, 0.6) is 0 Å². The molecule has 0 spiro atoms. The van der Waals surface area contributed by atoms with Crippen LogP contribution in [0.3, 0.4) is 0 Å². The number of ether oxygens (including phenoxy) is 5. The van der Waals surface area contributed by atoms with Gasteiger partial charge >= 0.3 is 25.7 Å². The molecule has 0 bridgehead atoms. The summed E-state index contributed by atoms with van der Waals surface area (Å²) in [5.74, 6) is -2.83. The lowest BCUT2D eigenvalue weighted by atomic mass is 9.97.